The maximum absolute atomic E-state index is 12.9. The Hall–Kier alpha value is -2.62. The number of hydrogen-bond acceptors (Lipinski definition) is 2. The summed E-state index contributed by atoms with van der Waals surface area (Å²) in [5, 5.41) is 2.95. The fourth-order valence-corrected chi connectivity index (χ4v) is 2.92. The summed E-state index contributed by atoms with van der Waals surface area (Å²) in [6.07, 6.45) is 1.89. The average molecular weight is 336 g/mol. The van der Waals surface area contributed by atoms with Crippen LogP contribution in [-0.2, 0) is 11.2 Å². The first-order valence-corrected chi connectivity index (χ1v) is 8.67. The van der Waals surface area contributed by atoms with Crippen molar-refractivity contribution in [2.45, 2.75) is 33.6 Å². The van der Waals surface area contributed by atoms with E-state index in [1.165, 1.54) is 0 Å². The highest BCUT2D eigenvalue weighted by molar-refractivity contribution is 6.07. The number of nitrogens with one attached hydrogen (secondary N) is 1. The maximum Gasteiger partial charge on any atom is 0.258 e. The van der Waals surface area contributed by atoms with Crippen molar-refractivity contribution in [1.82, 2.24) is 0 Å². The van der Waals surface area contributed by atoms with Crippen molar-refractivity contribution in [2.75, 3.05) is 16.8 Å². The summed E-state index contributed by atoms with van der Waals surface area (Å²) < 4.78 is 0. The van der Waals surface area contributed by atoms with Gasteiger partial charge in [-0.05, 0) is 42.7 Å². The van der Waals surface area contributed by atoms with Gasteiger partial charge in [0.15, 0.2) is 0 Å². The lowest BCUT2D eigenvalue weighted by Gasteiger charge is -2.30. The molecule has 1 heterocycles. The van der Waals surface area contributed by atoms with Gasteiger partial charge in [0.25, 0.3) is 5.91 Å². The van der Waals surface area contributed by atoms with E-state index in [1.54, 1.807) is 0 Å². The van der Waals surface area contributed by atoms with Gasteiger partial charge in [-0.25, -0.2) is 0 Å². The standard InChI is InChI=1S/C21H24N2O2/c1-21(2,3)20(25)22-17-12-11-15-10-7-13-23(18(15)14-17)19(24)16-8-5-4-6-9-16/h4-6,8-9,11-12,14H,7,10,13H2,1-3H3,(H,22,25). The van der Waals surface area contributed by atoms with E-state index in [0.29, 0.717) is 12.1 Å². The van der Waals surface area contributed by atoms with Crippen LogP contribution in [0.1, 0.15) is 43.1 Å². The molecule has 0 saturated heterocycles. The van der Waals surface area contributed by atoms with Crippen molar-refractivity contribution in [3.63, 3.8) is 0 Å². The number of hydrogen-bond donors (Lipinski definition) is 1. The number of carbonyl (C=O) groups is 2. The first kappa shape index (κ1) is 17.2. The van der Waals surface area contributed by atoms with Crippen molar-refractivity contribution >= 4 is 23.2 Å². The number of benzene rings is 2. The minimum Gasteiger partial charge on any atom is -0.326 e. The summed E-state index contributed by atoms with van der Waals surface area (Å²) in [7, 11) is 0. The Balaban J connectivity index is 1.91. The number of carbonyl (C=O) groups excluding carboxylic acids is 2. The van der Waals surface area contributed by atoms with E-state index in [4.69, 9.17) is 0 Å². The third-order valence-electron chi connectivity index (χ3n) is 4.41. The lowest BCUT2D eigenvalue weighted by Crippen LogP contribution is -2.35. The highest BCUT2D eigenvalue weighted by Crippen LogP contribution is 2.31. The van der Waals surface area contributed by atoms with E-state index in [9.17, 15) is 9.59 Å². The van der Waals surface area contributed by atoms with Gasteiger partial charge in [-0.15, -0.1) is 0 Å². The Morgan fingerprint density at radius 2 is 1.76 bits per heavy atom. The van der Waals surface area contributed by atoms with Crippen molar-refractivity contribution < 1.29 is 9.59 Å². The van der Waals surface area contributed by atoms with Crippen LogP contribution >= 0.6 is 0 Å². The van der Waals surface area contributed by atoms with Crippen LogP contribution in [-0.4, -0.2) is 18.4 Å². The summed E-state index contributed by atoms with van der Waals surface area (Å²) in [5.74, 6) is -0.0370. The van der Waals surface area contributed by atoms with Crippen molar-refractivity contribution in [3.8, 4) is 0 Å². The van der Waals surface area contributed by atoms with E-state index >= 15 is 0 Å². The first-order chi connectivity index (χ1) is 11.9. The summed E-state index contributed by atoms with van der Waals surface area (Å²) in [6.45, 7) is 6.33. The molecule has 2 aromatic carbocycles. The number of amides is 2. The van der Waals surface area contributed by atoms with E-state index in [0.717, 1.165) is 29.8 Å². The molecule has 130 valence electrons. The molecule has 0 saturated carbocycles. The average Bonchev–Trinajstić information content (AvgIpc) is 2.60. The van der Waals surface area contributed by atoms with E-state index in [1.807, 2.05) is 74.2 Å². The number of fused-ring (bicyclic) bond motifs is 1. The van der Waals surface area contributed by atoms with Gasteiger partial charge >= 0.3 is 0 Å². The molecule has 0 aromatic heterocycles. The predicted octanol–water partition coefficient (Wildman–Crippen LogP) is 4.26. The zero-order chi connectivity index (χ0) is 18.0. The molecule has 1 aliphatic heterocycles. The molecule has 0 fully saturated rings. The van der Waals surface area contributed by atoms with Crippen molar-refractivity contribution in [1.29, 1.82) is 0 Å². The normalized spacial score (nSPS) is 14.0. The highest BCUT2D eigenvalue weighted by atomic mass is 16.2. The Morgan fingerprint density at radius 1 is 1.04 bits per heavy atom. The monoisotopic (exact) mass is 336 g/mol. The van der Waals surface area contributed by atoms with Gasteiger partial charge in [-0.3, -0.25) is 9.59 Å². The fraction of sp³-hybridized carbons (Fsp3) is 0.333. The number of anilines is 2. The molecule has 25 heavy (non-hydrogen) atoms. The highest BCUT2D eigenvalue weighted by Gasteiger charge is 2.25. The quantitative estimate of drug-likeness (QED) is 0.890. The third-order valence-corrected chi connectivity index (χ3v) is 4.41. The van der Waals surface area contributed by atoms with Gasteiger partial charge in [-0.1, -0.05) is 45.0 Å². The Labute approximate surface area is 148 Å². The lowest BCUT2D eigenvalue weighted by atomic mass is 9.95. The van der Waals surface area contributed by atoms with E-state index in [2.05, 4.69) is 5.32 Å². The van der Waals surface area contributed by atoms with Crippen LogP contribution in [0.25, 0.3) is 0 Å². The molecule has 0 spiro atoms. The van der Waals surface area contributed by atoms with Gasteiger partial charge in [0.1, 0.15) is 0 Å². The van der Waals surface area contributed by atoms with Crippen molar-refractivity contribution in [2.24, 2.45) is 5.41 Å². The number of rotatable bonds is 2. The number of nitrogens with zero attached hydrogens (tertiary/aromatic N) is 1. The molecule has 2 amide bonds. The van der Waals surface area contributed by atoms with Crippen LogP contribution in [0.4, 0.5) is 11.4 Å². The van der Waals surface area contributed by atoms with Crippen LogP contribution in [0.15, 0.2) is 48.5 Å². The smallest absolute Gasteiger partial charge is 0.258 e. The molecule has 4 nitrogen and oxygen atoms in total. The summed E-state index contributed by atoms with van der Waals surface area (Å²) >= 11 is 0. The Kier molecular flexibility index (Phi) is 4.62. The zero-order valence-electron chi connectivity index (χ0n) is 15.0. The molecule has 0 aliphatic carbocycles. The SMILES string of the molecule is CC(C)(C)C(=O)Nc1ccc2c(c1)N(C(=O)c1ccccc1)CCC2. The number of aryl methyl sites for hydroxylation is 1. The Bertz CT molecular complexity index is 791. The summed E-state index contributed by atoms with van der Waals surface area (Å²) in [4.78, 5) is 27.0. The van der Waals surface area contributed by atoms with Crippen molar-refractivity contribution in [3.05, 3.63) is 59.7 Å². The van der Waals surface area contributed by atoms with Crippen LogP contribution in [0.5, 0.6) is 0 Å². The van der Waals surface area contributed by atoms with Crippen LogP contribution in [0, 0.1) is 5.41 Å². The topological polar surface area (TPSA) is 49.4 Å². The molecular weight excluding hydrogens is 312 g/mol. The second-order valence-corrected chi connectivity index (χ2v) is 7.47. The first-order valence-electron chi connectivity index (χ1n) is 8.67. The second-order valence-electron chi connectivity index (χ2n) is 7.47. The second kappa shape index (κ2) is 6.71. The van der Waals surface area contributed by atoms with Crippen LogP contribution in [0.2, 0.25) is 0 Å². The summed E-state index contributed by atoms with van der Waals surface area (Å²) in [5.41, 5.74) is 2.98. The van der Waals surface area contributed by atoms with Gasteiger partial charge in [0.2, 0.25) is 5.91 Å². The van der Waals surface area contributed by atoms with Gasteiger partial charge in [-0.2, -0.15) is 0 Å². The van der Waals surface area contributed by atoms with E-state index in [-0.39, 0.29) is 11.8 Å². The minimum atomic E-state index is -0.463. The minimum absolute atomic E-state index is 0.000785. The molecule has 0 bridgehead atoms. The molecule has 0 atom stereocenters. The molecule has 1 N–H and O–H groups in total. The molecule has 1 aliphatic rings. The largest absolute Gasteiger partial charge is 0.326 e. The molecule has 0 unspecified atom stereocenters. The van der Waals surface area contributed by atoms with Crippen LogP contribution < -0.4 is 10.2 Å². The molecule has 0 radical (unpaired) electrons. The predicted molar refractivity (Wildman–Crippen MR) is 101 cm³/mol. The summed E-state index contributed by atoms with van der Waals surface area (Å²) in [6, 6.07) is 15.2. The van der Waals surface area contributed by atoms with Crippen LogP contribution in [0.3, 0.4) is 0 Å². The molecule has 4 heteroatoms. The Morgan fingerprint density at radius 3 is 2.44 bits per heavy atom. The molecule has 2 aromatic rings. The lowest BCUT2D eigenvalue weighted by molar-refractivity contribution is -0.123. The van der Waals surface area contributed by atoms with Gasteiger partial charge < -0.3 is 10.2 Å². The molecule has 3 rings (SSSR count). The molecular formula is C21H24N2O2. The maximum atomic E-state index is 12.9. The fourth-order valence-electron chi connectivity index (χ4n) is 2.92. The van der Waals surface area contributed by atoms with E-state index < -0.39 is 5.41 Å². The van der Waals surface area contributed by atoms with Gasteiger partial charge in [0, 0.05) is 28.9 Å². The third kappa shape index (κ3) is 3.73. The van der Waals surface area contributed by atoms with Gasteiger partial charge in [0.05, 0.1) is 0 Å². The zero-order valence-corrected chi connectivity index (χ0v) is 15.0.